The lowest BCUT2D eigenvalue weighted by Gasteiger charge is -2.23. The normalized spacial score (nSPS) is 24.3. The summed E-state index contributed by atoms with van der Waals surface area (Å²) < 4.78 is 0. The van der Waals surface area contributed by atoms with E-state index in [1.54, 1.807) is 11.8 Å². The van der Waals surface area contributed by atoms with Gasteiger partial charge in [0, 0.05) is 6.54 Å². The van der Waals surface area contributed by atoms with Gasteiger partial charge in [0.15, 0.2) is 0 Å². The van der Waals surface area contributed by atoms with Crippen molar-refractivity contribution in [2.75, 3.05) is 25.9 Å². The van der Waals surface area contributed by atoms with Crippen LogP contribution in [0.4, 0.5) is 0 Å². The van der Waals surface area contributed by atoms with Crippen LogP contribution in [0.15, 0.2) is 0 Å². The van der Waals surface area contributed by atoms with Crippen LogP contribution in [0.5, 0.6) is 0 Å². The fourth-order valence-corrected chi connectivity index (χ4v) is 1.89. The topological polar surface area (TPSA) is 41.1 Å². The molecule has 1 saturated heterocycles. The van der Waals surface area contributed by atoms with E-state index in [1.807, 2.05) is 13.2 Å². The first-order valence-corrected chi connectivity index (χ1v) is 6.54. The Balaban J connectivity index is 2.15. The van der Waals surface area contributed by atoms with Crippen molar-refractivity contribution in [3.05, 3.63) is 0 Å². The number of piperidine rings is 1. The SMILES string of the molecule is CS[C@H](C)C(=O)NC[C@H]1CCCNC1. The molecular weight excluding hydrogens is 196 g/mol. The molecule has 1 fully saturated rings. The molecule has 1 heterocycles. The first kappa shape index (κ1) is 11.9. The quantitative estimate of drug-likeness (QED) is 0.732. The van der Waals surface area contributed by atoms with E-state index in [9.17, 15) is 4.79 Å². The van der Waals surface area contributed by atoms with Crippen LogP contribution in [0.25, 0.3) is 0 Å². The molecule has 0 bridgehead atoms. The summed E-state index contributed by atoms with van der Waals surface area (Å²) in [4.78, 5) is 11.5. The highest BCUT2D eigenvalue weighted by Gasteiger charge is 2.15. The Morgan fingerprint density at radius 3 is 3.07 bits per heavy atom. The van der Waals surface area contributed by atoms with E-state index in [1.165, 1.54) is 12.8 Å². The Morgan fingerprint density at radius 2 is 2.50 bits per heavy atom. The van der Waals surface area contributed by atoms with Gasteiger partial charge in [-0.3, -0.25) is 4.79 Å². The van der Waals surface area contributed by atoms with Gasteiger partial charge in [0.2, 0.25) is 5.91 Å². The summed E-state index contributed by atoms with van der Waals surface area (Å²) in [5, 5.41) is 6.42. The van der Waals surface area contributed by atoms with E-state index in [0.29, 0.717) is 5.92 Å². The van der Waals surface area contributed by atoms with Crippen LogP contribution in [0, 0.1) is 5.92 Å². The van der Waals surface area contributed by atoms with Crippen LogP contribution in [-0.4, -0.2) is 37.0 Å². The second kappa shape index (κ2) is 6.30. The largest absolute Gasteiger partial charge is 0.355 e. The first-order chi connectivity index (χ1) is 6.74. The summed E-state index contributed by atoms with van der Waals surface area (Å²) in [6.07, 6.45) is 4.44. The lowest BCUT2D eigenvalue weighted by molar-refractivity contribution is -0.120. The molecule has 1 aliphatic rings. The third-order valence-corrected chi connectivity index (χ3v) is 3.61. The summed E-state index contributed by atoms with van der Waals surface area (Å²) in [5.41, 5.74) is 0. The molecule has 0 aromatic carbocycles. The summed E-state index contributed by atoms with van der Waals surface area (Å²) in [6, 6.07) is 0. The van der Waals surface area contributed by atoms with Gasteiger partial charge in [-0.1, -0.05) is 0 Å². The van der Waals surface area contributed by atoms with Crippen LogP contribution < -0.4 is 10.6 Å². The zero-order chi connectivity index (χ0) is 10.4. The molecule has 1 aliphatic heterocycles. The molecule has 0 radical (unpaired) electrons. The van der Waals surface area contributed by atoms with E-state index >= 15 is 0 Å². The number of amides is 1. The maximum atomic E-state index is 11.5. The molecular formula is C10H20N2OS. The molecule has 1 rings (SSSR count). The Labute approximate surface area is 90.4 Å². The maximum absolute atomic E-state index is 11.5. The molecule has 0 aromatic rings. The number of carbonyl (C=O) groups is 1. The molecule has 14 heavy (non-hydrogen) atoms. The van der Waals surface area contributed by atoms with Gasteiger partial charge in [-0.05, 0) is 45.0 Å². The number of rotatable bonds is 4. The molecule has 0 unspecified atom stereocenters. The van der Waals surface area contributed by atoms with Crippen molar-refractivity contribution in [3.8, 4) is 0 Å². The van der Waals surface area contributed by atoms with Crippen LogP contribution in [0.2, 0.25) is 0 Å². The average Bonchev–Trinajstić information content (AvgIpc) is 2.26. The molecule has 82 valence electrons. The Kier molecular flexibility index (Phi) is 5.33. The number of carbonyl (C=O) groups excluding carboxylic acids is 1. The Hall–Kier alpha value is -0.220. The minimum atomic E-state index is 0.0755. The summed E-state index contributed by atoms with van der Waals surface area (Å²) in [5.74, 6) is 0.796. The standard InChI is InChI=1S/C10H20N2OS/c1-8(14-2)10(13)12-7-9-4-3-5-11-6-9/h8-9,11H,3-7H2,1-2H3,(H,12,13)/t8-,9+/m1/s1. The summed E-state index contributed by atoms with van der Waals surface area (Å²) in [7, 11) is 0. The smallest absolute Gasteiger partial charge is 0.232 e. The average molecular weight is 216 g/mol. The monoisotopic (exact) mass is 216 g/mol. The molecule has 0 aliphatic carbocycles. The molecule has 0 saturated carbocycles. The second-order valence-electron chi connectivity index (χ2n) is 3.84. The van der Waals surface area contributed by atoms with Gasteiger partial charge in [0.05, 0.1) is 5.25 Å². The molecule has 0 aromatic heterocycles. The van der Waals surface area contributed by atoms with Gasteiger partial charge in [-0.2, -0.15) is 11.8 Å². The molecule has 3 nitrogen and oxygen atoms in total. The summed E-state index contributed by atoms with van der Waals surface area (Å²) >= 11 is 1.59. The minimum absolute atomic E-state index is 0.0755. The van der Waals surface area contributed by atoms with Crippen molar-refractivity contribution in [2.24, 2.45) is 5.92 Å². The zero-order valence-electron chi connectivity index (χ0n) is 9.01. The lowest BCUT2D eigenvalue weighted by atomic mass is 10.00. The molecule has 2 atom stereocenters. The van der Waals surface area contributed by atoms with Crippen LogP contribution in [0.3, 0.4) is 0 Å². The molecule has 4 heteroatoms. The van der Waals surface area contributed by atoms with Crippen molar-refractivity contribution in [1.82, 2.24) is 10.6 Å². The van der Waals surface area contributed by atoms with E-state index < -0.39 is 0 Å². The van der Waals surface area contributed by atoms with Crippen LogP contribution >= 0.6 is 11.8 Å². The predicted molar refractivity (Wildman–Crippen MR) is 61.6 cm³/mol. The van der Waals surface area contributed by atoms with Crippen molar-refractivity contribution in [2.45, 2.75) is 25.0 Å². The highest BCUT2D eigenvalue weighted by atomic mass is 32.2. The van der Waals surface area contributed by atoms with Gasteiger partial charge >= 0.3 is 0 Å². The van der Waals surface area contributed by atoms with Crippen molar-refractivity contribution >= 4 is 17.7 Å². The fraction of sp³-hybridized carbons (Fsp3) is 0.900. The first-order valence-electron chi connectivity index (χ1n) is 5.25. The van der Waals surface area contributed by atoms with E-state index in [-0.39, 0.29) is 11.2 Å². The fourth-order valence-electron chi connectivity index (χ4n) is 1.59. The highest BCUT2D eigenvalue weighted by molar-refractivity contribution is 7.99. The lowest BCUT2D eigenvalue weighted by Crippen LogP contribution is -2.40. The molecule has 1 amide bonds. The Bertz CT molecular complexity index is 181. The number of hydrogen-bond donors (Lipinski definition) is 2. The van der Waals surface area contributed by atoms with Gasteiger partial charge < -0.3 is 10.6 Å². The van der Waals surface area contributed by atoms with E-state index in [0.717, 1.165) is 19.6 Å². The summed E-state index contributed by atoms with van der Waals surface area (Å²) in [6.45, 7) is 4.95. The van der Waals surface area contributed by atoms with E-state index in [2.05, 4.69) is 10.6 Å². The predicted octanol–water partition coefficient (Wildman–Crippen LogP) is 0.854. The van der Waals surface area contributed by atoms with E-state index in [4.69, 9.17) is 0 Å². The molecule has 0 spiro atoms. The van der Waals surface area contributed by atoms with Gasteiger partial charge in [-0.25, -0.2) is 0 Å². The van der Waals surface area contributed by atoms with Crippen molar-refractivity contribution < 1.29 is 4.79 Å². The minimum Gasteiger partial charge on any atom is -0.355 e. The number of hydrogen-bond acceptors (Lipinski definition) is 3. The van der Waals surface area contributed by atoms with Gasteiger partial charge in [0.1, 0.15) is 0 Å². The van der Waals surface area contributed by atoms with Gasteiger partial charge in [0.25, 0.3) is 0 Å². The van der Waals surface area contributed by atoms with Gasteiger partial charge in [-0.15, -0.1) is 0 Å². The number of nitrogens with one attached hydrogen (secondary N) is 2. The number of thioether (sulfide) groups is 1. The third kappa shape index (κ3) is 3.88. The van der Waals surface area contributed by atoms with Crippen molar-refractivity contribution in [1.29, 1.82) is 0 Å². The Morgan fingerprint density at radius 1 is 1.71 bits per heavy atom. The zero-order valence-corrected chi connectivity index (χ0v) is 9.82. The molecule has 2 N–H and O–H groups in total. The van der Waals surface area contributed by atoms with Crippen LogP contribution in [0.1, 0.15) is 19.8 Å². The van der Waals surface area contributed by atoms with Crippen LogP contribution in [-0.2, 0) is 4.79 Å². The maximum Gasteiger partial charge on any atom is 0.232 e. The second-order valence-corrected chi connectivity index (χ2v) is 5.01. The van der Waals surface area contributed by atoms with Crippen molar-refractivity contribution in [3.63, 3.8) is 0 Å². The highest BCUT2D eigenvalue weighted by Crippen LogP contribution is 2.09. The third-order valence-electron chi connectivity index (χ3n) is 2.69.